The van der Waals surface area contributed by atoms with Crippen LogP contribution >= 0.6 is 0 Å². The maximum atomic E-state index is 13.3. The Morgan fingerprint density at radius 1 is 1.00 bits per heavy atom. The largest absolute Gasteiger partial charge is 0.273 e. The summed E-state index contributed by atoms with van der Waals surface area (Å²) in [6.45, 7) is 3.03. The fourth-order valence-electron chi connectivity index (χ4n) is 4.79. The van der Waals surface area contributed by atoms with Crippen LogP contribution in [0, 0.1) is 18.8 Å². The second-order valence-corrected chi connectivity index (χ2v) is 10.2. The van der Waals surface area contributed by atoms with Gasteiger partial charge in [-0.05, 0) is 49.8 Å². The van der Waals surface area contributed by atoms with E-state index in [2.05, 4.69) is 10.5 Å². The summed E-state index contributed by atoms with van der Waals surface area (Å²) in [6.07, 6.45) is 7.96. The first-order valence-electron chi connectivity index (χ1n) is 10.5. The minimum atomic E-state index is -3.53. The molecule has 0 aromatic heterocycles. The quantitative estimate of drug-likeness (QED) is 0.842. The topological polar surface area (TPSA) is 78.8 Å². The molecule has 0 radical (unpaired) electrons. The Bertz CT molecular complexity index is 886. The Hall–Kier alpha value is -1.73. The van der Waals surface area contributed by atoms with E-state index in [0.717, 1.165) is 68.2 Å². The molecule has 2 aliphatic heterocycles. The number of sulfonamides is 1. The van der Waals surface area contributed by atoms with Crippen molar-refractivity contribution in [3.8, 4) is 0 Å². The number of carbonyl (C=O) groups is 1. The van der Waals surface area contributed by atoms with Crippen LogP contribution in [0.15, 0.2) is 28.2 Å². The zero-order chi connectivity index (χ0) is 19.7. The molecular weight excluding hydrogens is 374 g/mol. The zero-order valence-electron chi connectivity index (χ0n) is 16.5. The minimum absolute atomic E-state index is 0.00188. The molecule has 28 heavy (non-hydrogen) atoms. The van der Waals surface area contributed by atoms with E-state index in [1.165, 1.54) is 0 Å². The maximum Gasteiger partial charge on any atom is 0.243 e. The van der Waals surface area contributed by atoms with Gasteiger partial charge in [0.1, 0.15) is 0 Å². The van der Waals surface area contributed by atoms with Gasteiger partial charge in [0.2, 0.25) is 15.9 Å². The SMILES string of the molecule is Cc1ccc(C2=NNC(=O)C3CCCCC23)cc1S(=O)(=O)N1CCCCCC1. The second-order valence-electron chi connectivity index (χ2n) is 8.27. The Labute approximate surface area is 167 Å². The first-order valence-corrected chi connectivity index (χ1v) is 11.9. The van der Waals surface area contributed by atoms with Crippen LogP contribution in [0.25, 0.3) is 0 Å². The molecule has 0 bridgehead atoms. The van der Waals surface area contributed by atoms with E-state index in [-0.39, 0.29) is 17.7 Å². The number of nitrogens with one attached hydrogen (secondary N) is 1. The molecule has 1 saturated carbocycles. The van der Waals surface area contributed by atoms with Gasteiger partial charge in [-0.3, -0.25) is 4.79 Å². The summed E-state index contributed by atoms with van der Waals surface area (Å²) in [7, 11) is -3.53. The van der Waals surface area contributed by atoms with Crippen LogP contribution in [0.4, 0.5) is 0 Å². The highest BCUT2D eigenvalue weighted by Crippen LogP contribution is 2.36. The van der Waals surface area contributed by atoms with E-state index in [9.17, 15) is 13.2 Å². The number of aryl methyl sites for hydroxylation is 1. The van der Waals surface area contributed by atoms with Gasteiger partial charge in [-0.2, -0.15) is 9.41 Å². The molecule has 152 valence electrons. The van der Waals surface area contributed by atoms with E-state index in [0.29, 0.717) is 18.0 Å². The van der Waals surface area contributed by atoms with Crippen molar-refractivity contribution in [3.05, 3.63) is 29.3 Å². The fraction of sp³-hybridized carbons (Fsp3) is 0.619. The van der Waals surface area contributed by atoms with E-state index in [1.54, 1.807) is 10.4 Å². The molecule has 1 aromatic carbocycles. The molecule has 0 spiro atoms. The lowest BCUT2D eigenvalue weighted by atomic mass is 9.74. The Morgan fingerprint density at radius 2 is 1.68 bits per heavy atom. The Kier molecular flexibility index (Phi) is 5.56. The van der Waals surface area contributed by atoms with Crippen molar-refractivity contribution in [1.82, 2.24) is 9.73 Å². The van der Waals surface area contributed by atoms with Crippen molar-refractivity contribution < 1.29 is 13.2 Å². The normalized spacial score (nSPS) is 26.8. The summed E-state index contributed by atoms with van der Waals surface area (Å²) in [5.41, 5.74) is 5.07. The highest BCUT2D eigenvalue weighted by atomic mass is 32.2. The second kappa shape index (κ2) is 7.95. The van der Waals surface area contributed by atoms with Crippen molar-refractivity contribution >= 4 is 21.6 Å². The smallest absolute Gasteiger partial charge is 0.243 e. The van der Waals surface area contributed by atoms with E-state index in [1.807, 2.05) is 19.1 Å². The van der Waals surface area contributed by atoms with Gasteiger partial charge < -0.3 is 0 Å². The third-order valence-electron chi connectivity index (χ3n) is 6.41. The van der Waals surface area contributed by atoms with Gasteiger partial charge in [0, 0.05) is 24.9 Å². The van der Waals surface area contributed by atoms with Crippen LogP contribution in [0.5, 0.6) is 0 Å². The maximum absolute atomic E-state index is 13.3. The van der Waals surface area contributed by atoms with E-state index >= 15 is 0 Å². The number of fused-ring (bicyclic) bond motifs is 1. The first-order chi connectivity index (χ1) is 13.5. The number of hydrazone groups is 1. The minimum Gasteiger partial charge on any atom is -0.273 e. The Morgan fingerprint density at radius 3 is 2.39 bits per heavy atom. The van der Waals surface area contributed by atoms with Crippen LogP contribution in [-0.2, 0) is 14.8 Å². The lowest BCUT2D eigenvalue weighted by molar-refractivity contribution is -0.127. The van der Waals surface area contributed by atoms with Crippen molar-refractivity contribution in [2.75, 3.05) is 13.1 Å². The summed E-state index contributed by atoms with van der Waals surface area (Å²) in [4.78, 5) is 12.6. The first kappa shape index (κ1) is 19.6. The van der Waals surface area contributed by atoms with Crippen LogP contribution in [-0.4, -0.2) is 37.4 Å². The highest BCUT2D eigenvalue weighted by Gasteiger charge is 2.38. The summed E-state index contributed by atoms with van der Waals surface area (Å²) >= 11 is 0. The molecule has 1 N–H and O–H groups in total. The third kappa shape index (κ3) is 3.62. The van der Waals surface area contributed by atoms with Gasteiger partial charge in [0.05, 0.1) is 10.6 Å². The predicted molar refractivity (Wildman–Crippen MR) is 109 cm³/mol. The van der Waals surface area contributed by atoms with Crippen molar-refractivity contribution in [2.24, 2.45) is 16.9 Å². The molecule has 7 heteroatoms. The number of amides is 1. The number of rotatable bonds is 3. The molecular formula is C21H29N3O3S. The van der Waals surface area contributed by atoms with Crippen LogP contribution in [0.1, 0.15) is 62.5 Å². The number of benzene rings is 1. The molecule has 6 nitrogen and oxygen atoms in total. The van der Waals surface area contributed by atoms with Gasteiger partial charge in [0.25, 0.3) is 0 Å². The van der Waals surface area contributed by atoms with Gasteiger partial charge >= 0.3 is 0 Å². The van der Waals surface area contributed by atoms with Crippen LogP contribution in [0.3, 0.4) is 0 Å². The number of hydrogen-bond acceptors (Lipinski definition) is 4. The standard InChI is InChI=1S/C21H29N3O3S/c1-15-10-11-16(20-17-8-4-5-9-18(17)21(25)23-22-20)14-19(15)28(26,27)24-12-6-2-3-7-13-24/h10-11,14,17-18H,2-9,12-13H2,1H3,(H,23,25). The van der Waals surface area contributed by atoms with E-state index < -0.39 is 10.0 Å². The predicted octanol–water partition coefficient (Wildman–Crippen LogP) is 3.20. The van der Waals surface area contributed by atoms with E-state index in [4.69, 9.17) is 0 Å². The molecule has 2 atom stereocenters. The molecule has 3 aliphatic rings. The highest BCUT2D eigenvalue weighted by molar-refractivity contribution is 7.89. The third-order valence-corrected chi connectivity index (χ3v) is 8.45. The van der Waals surface area contributed by atoms with Gasteiger partial charge in [0.15, 0.2) is 0 Å². The average Bonchev–Trinajstić information content (AvgIpc) is 2.99. The molecule has 2 heterocycles. The number of hydrogen-bond donors (Lipinski definition) is 1. The molecule has 1 aliphatic carbocycles. The average molecular weight is 404 g/mol. The van der Waals surface area contributed by atoms with Crippen LogP contribution < -0.4 is 5.43 Å². The summed E-state index contributed by atoms with van der Waals surface area (Å²) in [5, 5.41) is 4.35. The molecule has 2 unspecified atom stereocenters. The molecule has 1 saturated heterocycles. The molecule has 4 rings (SSSR count). The van der Waals surface area contributed by atoms with Crippen molar-refractivity contribution in [2.45, 2.75) is 63.2 Å². The van der Waals surface area contributed by atoms with Gasteiger partial charge in [-0.1, -0.05) is 37.8 Å². The molecule has 1 amide bonds. The number of carbonyl (C=O) groups excluding carboxylic acids is 1. The summed E-state index contributed by atoms with van der Waals surface area (Å²) in [5.74, 6) is 0.0325. The van der Waals surface area contributed by atoms with Crippen molar-refractivity contribution in [3.63, 3.8) is 0 Å². The van der Waals surface area contributed by atoms with Crippen LogP contribution in [0.2, 0.25) is 0 Å². The Balaban J connectivity index is 1.70. The lowest BCUT2D eigenvalue weighted by Gasteiger charge is -2.34. The van der Waals surface area contributed by atoms with Gasteiger partial charge in [-0.25, -0.2) is 13.8 Å². The summed E-state index contributed by atoms with van der Waals surface area (Å²) < 4.78 is 28.3. The molecule has 1 aromatic rings. The lowest BCUT2D eigenvalue weighted by Crippen LogP contribution is -2.43. The zero-order valence-corrected chi connectivity index (χ0v) is 17.3. The van der Waals surface area contributed by atoms with Gasteiger partial charge in [-0.15, -0.1) is 0 Å². The fourth-order valence-corrected chi connectivity index (χ4v) is 6.56. The van der Waals surface area contributed by atoms with Crippen molar-refractivity contribution in [1.29, 1.82) is 0 Å². The monoisotopic (exact) mass is 403 g/mol. The molecule has 2 fully saturated rings. The summed E-state index contributed by atoms with van der Waals surface area (Å²) in [6, 6.07) is 5.59. The number of nitrogens with zero attached hydrogens (tertiary/aromatic N) is 2.